The van der Waals surface area contributed by atoms with E-state index in [1.807, 2.05) is 6.07 Å². The highest BCUT2D eigenvalue weighted by Gasteiger charge is 2.18. The first kappa shape index (κ1) is 14.7. The minimum atomic E-state index is -0.796. The lowest BCUT2D eigenvalue weighted by Crippen LogP contribution is -2.46. The molecule has 6 nitrogen and oxygen atoms in total. The van der Waals surface area contributed by atoms with Crippen molar-refractivity contribution in [3.8, 4) is 6.07 Å². The maximum Gasteiger partial charge on any atom is 0.246 e. The molecule has 0 saturated carbocycles. The third-order valence-electron chi connectivity index (χ3n) is 2.48. The van der Waals surface area contributed by atoms with Gasteiger partial charge >= 0.3 is 0 Å². The van der Waals surface area contributed by atoms with Crippen molar-refractivity contribution >= 4 is 11.8 Å². The average Bonchev–Trinajstić information content (AvgIpc) is 2.39. The van der Waals surface area contributed by atoms with Crippen molar-refractivity contribution in [3.05, 3.63) is 35.4 Å². The molecule has 1 rings (SSSR count). The summed E-state index contributed by atoms with van der Waals surface area (Å²) in [5, 5.41) is 11.2. The van der Waals surface area contributed by atoms with Crippen LogP contribution in [0.4, 0.5) is 0 Å². The van der Waals surface area contributed by atoms with Crippen LogP contribution < -0.4 is 11.1 Å². The van der Waals surface area contributed by atoms with E-state index in [1.165, 1.54) is 7.11 Å². The average molecular weight is 261 g/mol. The first-order valence-electron chi connectivity index (χ1n) is 5.63. The van der Waals surface area contributed by atoms with E-state index in [2.05, 4.69) is 10.1 Å². The molecule has 0 bridgehead atoms. The van der Waals surface area contributed by atoms with E-state index in [1.54, 1.807) is 24.3 Å². The fourth-order valence-corrected chi connectivity index (χ4v) is 1.54. The second-order valence-corrected chi connectivity index (χ2v) is 3.97. The number of nitrogens with one attached hydrogen (secondary N) is 1. The molecule has 1 aromatic rings. The van der Waals surface area contributed by atoms with E-state index >= 15 is 0 Å². The molecule has 1 aromatic carbocycles. The fourth-order valence-electron chi connectivity index (χ4n) is 1.54. The number of carbonyl (C=O) groups excluding carboxylic acids is 2. The van der Waals surface area contributed by atoms with Crippen LogP contribution in [0.5, 0.6) is 0 Å². The summed E-state index contributed by atoms with van der Waals surface area (Å²) in [5.41, 5.74) is 6.57. The van der Waals surface area contributed by atoms with Gasteiger partial charge in [0, 0.05) is 13.5 Å². The number of hydrogen-bond acceptors (Lipinski definition) is 4. The quantitative estimate of drug-likeness (QED) is 0.734. The van der Waals surface area contributed by atoms with Crippen LogP contribution in [0.2, 0.25) is 0 Å². The van der Waals surface area contributed by atoms with Gasteiger partial charge in [-0.1, -0.05) is 12.1 Å². The van der Waals surface area contributed by atoms with Crippen molar-refractivity contribution in [3.63, 3.8) is 0 Å². The standard InChI is InChI=1S/C13H15N3O3/c1-19-8-12(17)16-11(13(15)18)6-9-2-4-10(7-14)5-3-9/h2-5,11H,6,8H2,1H3,(H2,15,18)(H,16,17)/t11-/m1/s1. The zero-order chi connectivity index (χ0) is 14.3. The highest BCUT2D eigenvalue weighted by Crippen LogP contribution is 2.06. The van der Waals surface area contributed by atoms with Gasteiger partial charge in [0.25, 0.3) is 0 Å². The number of benzene rings is 1. The van der Waals surface area contributed by atoms with Crippen LogP contribution in [-0.2, 0) is 20.7 Å². The van der Waals surface area contributed by atoms with Gasteiger partial charge in [0.1, 0.15) is 12.6 Å². The third-order valence-corrected chi connectivity index (χ3v) is 2.48. The topological polar surface area (TPSA) is 105 Å². The van der Waals surface area contributed by atoms with Crippen LogP contribution >= 0.6 is 0 Å². The summed E-state index contributed by atoms with van der Waals surface area (Å²) in [4.78, 5) is 22.6. The van der Waals surface area contributed by atoms with Crippen molar-refractivity contribution in [2.75, 3.05) is 13.7 Å². The number of nitrogens with two attached hydrogens (primary N) is 1. The number of methoxy groups -OCH3 is 1. The Kier molecular flexibility index (Phi) is 5.51. The van der Waals surface area contributed by atoms with Crippen LogP contribution in [0.3, 0.4) is 0 Å². The Morgan fingerprint density at radius 3 is 2.53 bits per heavy atom. The molecule has 0 heterocycles. The van der Waals surface area contributed by atoms with Crippen LogP contribution in [0.15, 0.2) is 24.3 Å². The third kappa shape index (κ3) is 4.77. The maximum absolute atomic E-state index is 11.4. The van der Waals surface area contributed by atoms with E-state index in [9.17, 15) is 9.59 Å². The number of nitriles is 1. The Balaban J connectivity index is 2.70. The lowest BCUT2D eigenvalue weighted by Gasteiger charge is -2.15. The number of nitrogens with zero attached hydrogens (tertiary/aromatic N) is 1. The molecule has 2 amide bonds. The van der Waals surface area contributed by atoms with E-state index in [0.717, 1.165) is 5.56 Å². The molecule has 6 heteroatoms. The van der Waals surface area contributed by atoms with Crippen molar-refractivity contribution < 1.29 is 14.3 Å². The predicted molar refractivity (Wildman–Crippen MR) is 67.9 cm³/mol. The largest absolute Gasteiger partial charge is 0.375 e. The number of carbonyl (C=O) groups is 2. The summed E-state index contributed by atoms with van der Waals surface area (Å²) >= 11 is 0. The van der Waals surface area contributed by atoms with Gasteiger partial charge in [0.05, 0.1) is 11.6 Å². The van der Waals surface area contributed by atoms with Gasteiger partial charge in [-0.05, 0) is 17.7 Å². The highest BCUT2D eigenvalue weighted by atomic mass is 16.5. The smallest absolute Gasteiger partial charge is 0.246 e. The maximum atomic E-state index is 11.4. The Bertz CT molecular complexity index is 491. The summed E-state index contributed by atoms with van der Waals surface area (Å²) in [5.74, 6) is -1.02. The summed E-state index contributed by atoms with van der Waals surface area (Å²) in [6.07, 6.45) is 0.274. The zero-order valence-electron chi connectivity index (χ0n) is 10.6. The molecule has 0 unspecified atom stereocenters. The molecule has 0 aromatic heterocycles. The molecule has 0 aliphatic rings. The minimum Gasteiger partial charge on any atom is -0.375 e. The first-order chi connectivity index (χ1) is 9.06. The second-order valence-electron chi connectivity index (χ2n) is 3.97. The molecule has 0 spiro atoms. The number of ether oxygens (including phenoxy) is 1. The second kappa shape index (κ2) is 7.13. The van der Waals surface area contributed by atoms with Gasteiger partial charge in [0.2, 0.25) is 11.8 Å². The zero-order valence-corrected chi connectivity index (χ0v) is 10.6. The number of amides is 2. The Labute approximate surface area is 111 Å². The van der Waals surface area contributed by atoms with Gasteiger partial charge < -0.3 is 15.8 Å². The lowest BCUT2D eigenvalue weighted by molar-refractivity contribution is -0.129. The Morgan fingerprint density at radius 1 is 1.42 bits per heavy atom. The van der Waals surface area contributed by atoms with Gasteiger partial charge in [-0.3, -0.25) is 9.59 Å². The molecule has 0 radical (unpaired) electrons. The molecule has 19 heavy (non-hydrogen) atoms. The highest BCUT2D eigenvalue weighted by molar-refractivity contribution is 5.87. The molecule has 0 fully saturated rings. The lowest BCUT2D eigenvalue weighted by atomic mass is 10.0. The summed E-state index contributed by atoms with van der Waals surface area (Å²) < 4.78 is 4.66. The number of hydrogen-bond donors (Lipinski definition) is 2. The Hall–Kier alpha value is -2.39. The molecule has 0 aliphatic carbocycles. The van der Waals surface area contributed by atoms with Crippen molar-refractivity contribution in [2.24, 2.45) is 5.73 Å². The van der Waals surface area contributed by atoms with E-state index < -0.39 is 17.9 Å². The molecule has 0 saturated heterocycles. The van der Waals surface area contributed by atoms with Crippen molar-refractivity contribution in [1.82, 2.24) is 5.32 Å². The van der Waals surface area contributed by atoms with Crippen LogP contribution in [0.1, 0.15) is 11.1 Å². The number of primary amides is 1. The van der Waals surface area contributed by atoms with Crippen LogP contribution in [0, 0.1) is 11.3 Å². The monoisotopic (exact) mass is 261 g/mol. The summed E-state index contributed by atoms with van der Waals surface area (Å²) in [7, 11) is 1.39. The molecular formula is C13H15N3O3. The predicted octanol–water partition coefficient (Wildman–Crippen LogP) is -0.283. The fraction of sp³-hybridized carbons (Fsp3) is 0.308. The summed E-state index contributed by atoms with van der Waals surface area (Å²) in [6, 6.07) is 7.93. The van der Waals surface area contributed by atoms with Gasteiger partial charge in [-0.25, -0.2) is 0 Å². The SMILES string of the molecule is COCC(=O)N[C@H](Cc1ccc(C#N)cc1)C(N)=O. The molecule has 1 atom stereocenters. The molecule has 3 N–H and O–H groups in total. The van der Waals surface area contributed by atoms with Crippen molar-refractivity contribution in [1.29, 1.82) is 5.26 Å². The minimum absolute atomic E-state index is 0.128. The summed E-state index contributed by atoms with van der Waals surface area (Å²) in [6.45, 7) is -0.128. The molecule has 100 valence electrons. The van der Waals surface area contributed by atoms with Gasteiger partial charge in [-0.2, -0.15) is 5.26 Å². The number of rotatable bonds is 6. The van der Waals surface area contributed by atoms with E-state index in [-0.39, 0.29) is 13.0 Å². The van der Waals surface area contributed by atoms with Crippen LogP contribution in [0.25, 0.3) is 0 Å². The normalized spacial score (nSPS) is 11.4. The van der Waals surface area contributed by atoms with E-state index in [0.29, 0.717) is 5.56 Å². The molecule has 0 aliphatic heterocycles. The van der Waals surface area contributed by atoms with Crippen molar-refractivity contribution in [2.45, 2.75) is 12.5 Å². The van der Waals surface area contributed by atoms with Gasteiger partial charge in [0.15, 0.2) is 0 Å². The van der Waals surface area contributed by atoms with E-state index in [4.69, 9.17) is 11.0 Å². The molecular weight excluding hydrogens is 246 g/mol. The Morgan fingerprint density at radius 2 is 2.05 bits per heavy atom. The van der Waals surface area contributed by atoms with Gasteiger partial charge in [-0.15, -0.1) is 0 Å². The van der Waals surface area contributed by atoms with Crippen LogP contribution in [-0.4, -0.2) is 31.6 Å². The first-order valence-corrected chi connectivity index (χ1v) is 5.63.